The average Bonchev–Trinajstić information content (AvgIpc) is 2.58. The van der Waals surface area contributed by atoms with Gasteiger partial charge >= 0.3 is 6.03 Å². The maximum Gasteiger partial charge on any atom is 0.315 e. The van der Waals surface area contributed by atoms with E-state index in [0.29, 0.717) is 0 Å². The summed E-state index contributed by atoms with van der Waals surface area (Å²) in [7, 11) is 0. The second-order valence-electron chi connectivity index (χ2n) is 4.34. The second kappa shape index (κ2) is 6.33. The van der Waals surface area contributed by atoms with Crippen molar-refractivity contribution in [3.05, 3.63) is 23.2 Å². The summed E-state index contributed by atoms with van der Waals surface area (Å²) in [6.45, 7) is 8.59. The molecule has 2 N–H and O–H groups in total. The lowest BCUT2D eigenvalue weighted by Crippen LogP contribution is -2.37. The van der Waals surface area contributed by atoms with Crippen molar-refractivity contribution in [3.63, 3.8) is 0 Å². The molecule has 2 amide bonds. The summed E-state index contributed by atoms with van der Waals surface area (Å²) in [5, 5.41) is 5.73. The summed E-state index contributed by atoms with van der Waals surface area (Å²) in [6, 6.07) is 1.81. The van der Waals surface area contributed by atoms with Crippen molar-refractivity contribution in [2.24, 2.45) is 0 Å². The quantitative estimate of drug-likeness (QED) is 0.775. The van der Waals surface area contributed by atoms with Crippen molar-refractivity contribution in [1.82, 2.24) is 10.6 Å². The fourth-order valence-electron chi connectivity index (χ4n) is 1.78. The number of furan rings is 1. The Morgan fingerprint density at radius 2 is 2.18 bits per heavy atom. The topological polar surface area (TPSA) is 54.3 Å². The van der Waals surface area contributed by atoms with Crippen molar-refractivity contribution in [2.75, 3.05) is 6.54 Å². The SMILES string of the molecule is CCCCNC(=O)NC(C)c1cc(C)oc1C. The lowest BCUT2D eigenvalue weighted by Gasteiger charge is -2.13. The minimum Gasteiger partial charge on any atom is -0.466 e. The maximum absolute atomic E-state index is 11.6. The van der Waals surface area contributed by atoms with E-state index < -0.39 is 0 Å². The van der Waals surface area contributed by atoms with Crippen LogP contribution in [0.1, 0.15) is 49.8 Å². The maximum atomic E-state index is 11.6. The molecule has 1 heterocycles. The average molecular weight is 238 g/mol. The first-order chi connectivity index (χ1) is 8.04. The highest BCUT2D eigenvalue weighted by Crippen LogP contribution is 2.20. The van der Waals surface area contributed by atoms with Gasteiger partial charge in [-0.3, -0.25) is 0 Å². The van der Waals surface area contributed by atoms with Gasteiger partial charge in [-0.25, -0.2) is 4.79 Å². The molecular weight excluding hydrogens is 216 g/mol. The van der Waals surface area contributed by atoms with Gasteiger partial charge in [0.1, 0.15) is 11.5 Å². The zero-order chi connectivity index (χ0) is 12.8. The third kappa shape index (κ3) is 4.13. The van der Waals surface area contributed by atoms with Crippen molar-refractivity contribution in [3.8, 4) is 0 Å². The van der Waals surface area contributed by atoms with Gasteiger partial charge in [-0.1, -0.05) is 13.3 Å². The van der Waals surface area contributed by atoms with Gasteiger partial charge in [0.25, 0.3) is 0 Å². The molecule has 0 radical (unpaired) electrons. The summed E-state index contributed by atoms with van der Waals surface area (Å²) in [5.74, 6) is 1.74. The van der Waals surface area contributed by atoms with E-state index in [-0.39, 0.29) is 12.1 Å². The van der Waals surface area contributed by atoms with E-state index in [2.05, 4.69) is 17.6 Å². The number of carbonyl (C=O) groups excluding carboxylic acids is 1. The smallest absolute Gasteiger partial charge is 0.315 e. The molecule has 0 saturated heterocycles. The van der Waals surface area contributed by atoms with Crippen LogP contribution in [0.3, 0.4) is 0 Å². The van der Waals surface area contributed by atoms with Crippen molar-refractivity contribution in [2.45, 2.75) is 46.6 Å². The zero-order valence-electron chi connectivity index (χ0n) is 11.1. The van der Waals surface area contributed by atoms with Crippen LogP contribution in [-0.4, -0.2) is 12.6 Å². The van der Waals surface area contributed by atoms with Gasteiger partial charge in [-0.15, -0.1) is 0 Å². The van der Waals surface area contributed by atoms with Crippen molar-refractivity contribution < 1.29 is 9.21 Å². The normalized spacial score (nSPS) is 12.2. The first-order valence-electron chi connectivity index (χ1n) is 6.16. The summed E-state index contributed by atoms with van der Waals surface area (Å²) in [4.78, 5) is 11.6. The number of carbonyl (C=O) groups is 1. The van der Waals surface area contributed by atoms with Gasteiger partial charge in [-0.2, -0.15) is 0 Å². The summed E-state index contributed by atoms with van der Waals surface area (Å²) in [6.07, 6.45) is 2.08. The van der Waals surface area contributed by atoms with Crippen LogP contribution in [0.2, 0.25) is 0 Å². The predicted molar refractivity (Wildman–Crippen MR) is 68.0 cm³/mol. The number of rotatable bonds is 5. The number of urea groups is 1. The van der Waals surface area contributed by atoms with Crippen molar-refractivity contribution in [1.29, 1.82) is 0 Å². The molecule has 0 bridgehead atoms. The Hall–Kier alpha value is -1.45. The van der Waals surface area contributed by atoms with Crippen molar-refractivity contribution >= 4 is 6.03 Å². The molecule has 0 aromatic carbocycles. The molecule has 0 aliphatic heterocycles. The van der Waals surface area contributed by atoms with Crippen LogP contribution in [0.4, 0.5) is 4.79 Å². The Kier molecular flexibility index (Phi) is 5.07. The molecular formula is C13H22N2O2. The van der Waals surface area contributed by atoms with Crippen LogP contribution in [0.5, 0.6) is 0 Å². The Morgan fingerprint density at radius 1 is 1.47 bits per heavy atom. The van der Waals surface area contributed by atoms with Crippen LogP contribution in [0.25, 0.3) is 0 Å². The minimum absolute atomic E-state index is 0.0333. The zero-order valence-corrected chi connectivity index (χ0v) is 11.1. The first kappa shape index (κ1) is 13.6. The van der Waals surface area contributed by atoms with Crippen LogP contribution < -0.4 is 10.6 Å². The van der Waals surface area contributed by atoms with Crippen LogP contribution in [0.15, 0.2) is 10.5 Å². The molecule has 0 spiro atoms. The molecule has 1 aromatic rings. The molecule has 1 unspecified atom stereocenters. The summed E-state index contributed by atoms with van der Waals surface area (Å²) < 4.78 is 5.44. The highest BCUT2D eigenvalue weighted by Gasteiger charge is 2.14. The predicted octanol–water partition coefficient (Wildman–Crippen LogP) is 3.06. The van der Waals surface area contributed by atoms with E-state index in [1.54, 1.807) is 0 Å². The number of aryl methyl sites for hydroxylation is 2. The third-order valence-corrected chi connectivity index (χ3v) is 2.71. The highest BCUT2D eigenvalue weighted by atomic mass is 16.3. The number of amides is 2. The largest absolute Gasteiger partial charge is 0.466 e. The molecule has 4 nitrogen and oxygen atoms in total. The first-order valence-corrected chi connectivity index (χ1v) is 6.16. The van der Waals surface area contributed by atoms with E-state index >= 15 is 0 Å². The van der Waals surface area contributed by atoms with E-state index in [0.717, 1.165) is 36.5 Å². The second-order valence-corrected chi connectivity index (χ2v) is 4.34. The number of nitrogens with one attached hydrogen (secondary N) is 2. The Morgan fingerprint density at radius 3 is 2.71 bits per heavy atom. The van der Waals surface area contributed by atoms with Crippen LogP contribution in [-0.2, 0) is 0 Å². The number of hydrogen-bond donors (Lipinski definition) is 2. The molecule has 0 fully saturated rings. The van der Waals surface area contributed by atoms with E-state index in [1.165, 1.54) is 0 Å². The highest BCUT2D eigenvalue weighted by molar-refractivity contribution is 5.74. The Labute approximate surface area is 103 Å². The third-order valence-electron chi connectivity index (χ3n) is 2.71. The molecule has 1 rings (SSSR count). The van der Waals surface area contributed by atoms with E-state index in [9.17, 15) is 4.79 Å². The standard InChI is InChI=1S/C13H22N2O2/c1-5-6-7-14-13(16)15-10(3)12-8-9(2)17-11(12)4/h8,10H,5-7H2,1-4H3,(H2,14,15,16). The lowest BCUT2D eigenvalue weighted by atomic mass is 10.1. The minimum atomic E-state index is -0.121. The molecule has 4 heteroatoms. The summed E-state index contributed by atoms with van der Waals surface area (Å²) >= 11 is 0. The van der Waals surface area contributed by atoms with Gasteiger partial charge in [0.2, 0.25) is 0 Å². The molecule has 0 aliphatic carbocycles. The summed E-state index contributed by atoms with van der Waals surface area (Å²) in [5.41, 5.74) is 1.04. The molecule has 0 saturated carbocycles. The van der Waals surface area contributed by atoms with E-state index in [4.69, 9.17) is 4.42 Å². The molecule has 0 aliphatic rings. The Bertz CT molecular complexity index is 371. The van der Waals surface area contributed by atoms with Crippen LogP contribution >= 0.6 is 0 Å². The number of unbranched alkanes of at least 4 members (excludes halogenated alkanes) is 1. The van der Waals surface area contributed by atoms with Gasteiger partial charge < -0.3 is 15.1 Å². The monoisotopic (exact) mass is 238 g/mol. The number of hydrogen-bond acceptors (Lipinski definition) is 2. The van der Waals surface area contributed by atoms with Crippen LogP contribution in [0, 0.1) is 13.8 Å². The van der Waals surface area contributed by atoms with Gasteiger partial charge in [0, 0.05) is 12.1 Å². The molecule has 17 heavy (non-hydrogen) atoms. The Balaban J connectivity index is 2.46. The van der Waals surface area contributed by atoms with Gasteiger partial charge in [0.05, 0.1) is 6.04 Å². The van der Waals surface area contributed by atoms with E-state index in [1.807, 2.05) is 26.8 Å². The fraction of sp³-hybridized carbons (Fsp3) is 0.615. The molecule has 1 aromatic heterocycles. The molecule has 96 valence electrons. The fourth-order valence-corrected chi connectivity index (χ4v) is 1.78. The lowest BCUT2D eigenvalue weighted by molar-refractivity contribution is 0.237. The molecule has 1 atom stereocenters. The van der Waals surface area contributed by atoms with Gasteiger partial charge in [-0.05, 0) is 33.3 Å². The van der Waals surface area contributed by atoms with Gasteiger partial charge in [0.15, 0.2) is 0 Å².